The van der Waals surface area contributed by atoms with Crippen LogP contribution in [0.2, 0.25) is 0 Å². The van der Waals surface area contributed by atoms with Crippen LogP contribution >= 0.6 is 12.2 Å². The van der Waals surface area contributed by atoms with Crippen molar-refractivity contribution in [3.63, 3.8) is 0 Å². The fraction of sp³-hybridized carbons (Fsp3) is 0.273. The standard InChI is InChI=1S/C22H23N5O3S/c23-21(31)16-3-1-15(2-4-16)18-14-27-8-5-17(13-19(27)24-18)22(30)26-11-9-25(10-12-26)7-6-20(28)29/h1-5,8,13-14H,6-7,9-12H2,(H2,23,31)(H,28,29). The van der Waals surface area contributed by atoms with Gasteiger partial charge in [0, 0.05) is 61.8 Å². The Morgan fingerprint density at radius 2 is 1.77 bits per heavy atom. The lowest BCUT2D eigenvalue weighted by Gasteiger charge is -2.34. The predicted molar refractivity (Wildman–Crippen MR) is 121 cm³/mol. The number of pyridine rings is 1. The van der Waals surface area contributed by atoms with Crippen molar-refractivity contribution in [3.05, 3.63) is 59.9 Å². The minimum absolute atomic E-state index is 0.0363. The van der Waals surface area contributed by atoms with E-state index in [0.717, 1.165) is 16.8 Å². The largest absolute Gasteiger partial charge is 0.481 e. The molecule has 160 valence electrons. The lowest BCUT2D eigenvalue weighted by atomic mass is 10.1. The number of aliphatic carboxylic acids is 1. The molecule has 31 heavy (non-hydrogen) atoms. The summed E-state index contributed by atoms with van der Waals surface area (Å²) in [7, 11) is 0. The van der Waals surface area contributed by atoms with Gasteiger partial charge in [0.15, 0.2) is 0 Å². The molecule has 0 bridgehead atoms. The number of hydrogen-bond acceptors (Lipinski definition) is 5. The van der Waals surface area contributed by atoms with Crippen molar-refractivity contribution in [1.29, 1.82) is 0 Å². The Hall–Kier alpha value is -3.30. The summed E-state index contributed by atoms with van der Waals surface area (Å²) in [5, 5.41) is 8.82. The van der Waals surface area contributed by atoms with E-state index >= 15 is 0 Å². The van der Waals surface area contributed by atoms with Crippen LogP contribution in [0.5, 0.6) is 0 Å². The lowest BCUT2D eigenvalue weighted by Crippen LogP contribution is -2.49. The Bertz CT molecular complexity index is 1130. The van der Waals surface area contributed by atoms with Gasteiger partial charge >= 0.3 is 5.97 Å². The van der Waals surface area contributed by atoms with E-state index < -0.39 is 5.97 Å². The quantitative estimate of drug-likeness (QED) is 0.567. The van der Waals surface area contributed by atoms with Gasteiger partial charge in [-0.1, -0.05) is 36.5 Å². The predicted octanol–water partition coefficient (Wildman–Crippen LogP) is 1.87. The average Bonchev–Trinajstić information content (AvgIpc) is 3.21. The summed E-state index contributed by atoms with van der Waals surface area (Å²) in [6, 6.07) is 11.2. The summed E-state index contributed by atoms with van der Waals surface area (Å²) in [5.41, 5.74) is 9.48. The first-order valence-electron chi connectivity index (χ1n) is 10.0. The Morgan fingerprint density at radius 1 is 1.06 bits per heavy atom. The molecule has 8 nitrogen and oxygen atoms in total. The van der Waals surface area contributed by atoms with Crippen molar-refractivity contribution >= 4 is 34.7 Å². The molecule has 3 N–H and O–H groups in total. The summed E-state index contributed by atoms with van der Waals surface area (Å²) in [4.78, 5) is 32.6. The molecule has 9 heteroatoms. The van der Waals surface area contributed by atoms with E-state index in [1.165, 1.54) is 0 Å². The fourth-order valence-electron chi connectivity index (χ4n) is 3.67. The molecule has 1 fully saturated rings. The SMILES string of the molecule is NC(=S)c1ccc(-c2cn3ccc(C(=O)N4CCN(CCC(=O)O)CC4)cc3n2)cc1. The van der Waals surface area contributed by atoms with Gasteiger partial charge in [-0.2, -0.15) is 0 Å². The lowest BCUT2D eigenvalue weighted by molar-refractivity contribution is -0.137. The zero-order valence-corrected chi connectivity index (χ0v) is 17.7. The molecule has 0 radical (unpaired) electrons. The third kappa shape index (κ3) is 4.73. The highest BCUT2D eigenvalue weighted by Gasteiger charge is 2.22. The van der Waals surface area contributed by atoms with Crippen molar-refractivity contribution in [2.45, 2.75) is 6.42 Å². The van der Waals surface area contributed by atoms with Crippen molar-refractivity contribution in [2.24, 2.45) is 5.73 Å². The van der Waals surface area contributed by atoms with Gasteiger partial charge in [0.25, 0.3) is 5.91 Å². The zero-order valence-electron chi connectivity index (χ0n) is 16.9. The number of carboxylic acids is 1. The highest BCUT2D eigenvalue weighted by molar-refractivity contribution is 7.80. The monoisotopic (exact) mass is 437 g/mol. The Balaban J connectivity index is 1.46. The van der Waals surface area contributed by atoms with Crippen LogP contribution in [0.15, 0.2) is 48.8 Å². The number of fused-ring (bicyclic) bond motifs is 1. The van der Waals surface area contributed by atoms with E-state index in [1.807, 2.05) is 41.1 Å². The van der Waals surface area contributed by atoms with Gasteiger partial charge < -0.3 is 20.1 Å². The highest BCUT2D eigenvalue weighted by Crippen LogP contribution is 2.21. The van der Waals surface area contributed by atoms with Gasteiger partial charge in [-0.3, -0.25) is 14.5 Å². The number of carbonyl (C=O) groups is 2. The molecule has 1 amide bonds. The summed E-state index contributed by atoms with van der Waals surface area (Å²) in [5.74, 6) is -0.838. The molecule has 3 aromatic rings. The number of nitrogens with zero attached hydrogens (tertiary/aromatic N) is 4. The topological polar surface area (TPSA) is 104 Å². The van der Waals surface area contributed by atoms with Gasteiger partial charge in [-0.05, 0) is 12.1 Å². The molecule has 0 saturated carbocycles. The normalized spacial score (nSPS) is 14.6. The first kappa shape index (κ1) is 21.0. The van der Waals surface area contributed by atoms with Gasteiger partial charge in [0.2, 0.25) is 0 Å². The summed E-state index contributed by atoms with van der Waals surface area (Å²) in [6.07, 6.45) is 3.88. The number of benzene rings is 1. The number of piperazine rings is 1. The van der Waals surface area contributed by atoms with E-state index in [1.54, 1.807) is 17.0 Å². The van der Waals surface area contributed by atoms with Crippen LogP contribution in [0.25, 0.3) is 16.9 Å². The second-order valence-corrected chi connectivity index (χ2v) is 7.97. The minimum atomic E-state index is -0.801. The van der Waals surface area contributed by atoms with Crippen LogP contribution in [0, 0.1) is 0 Å². The second-order valence-electron chi connectivity index (χ2n) is 7.53. The van der Waals surface area contributed by atoms with Crippen molar-refractivity contribution in [3.8, 4) is 11.3 Å². The molecule has 0 unspecified atom stereocenters. The van der Waals surface area contributed by atoms with Crippen LogP contribution in [0.3, 0.4) is 0 Å². The molecule has 2 aromatic heterocycles. The zero-order chi connectivity index (χ0) is 22.0. The number of nitrogens with two attached hydrogens (primary N) is 1. The Kier molecular flexibility index (Phi) is 5.97. The number of imidazole rings is 1. The number of carboxylic acid groups (broad SMARTS) is 1. The number of amides is 1. The number of rotatable bonds is 6. The van der Waals surface area contributed by atoms with Crippen molar-refractivity contribution in [2.75, 3.05) is 32.7 Å². The number of carbonyl (C=O) groups excluding carboxylic acids is 1. The van der Waals surface area contributed by atoms with Gasteiger partial charge in [0.1, 0.15) is 10.6 Å². The van der Waals surface area contributed by atoms with Crippen molar-refractivity contribution < 1.29 is 14.7 Å². The maximum Gasteiger partial charge on any atom is 0.304 e. The molecule has 0 spiro atoms. The molecular weight excluding hydrogens is 414 g/mol. The van der Waals surface area contributed by atoms with Crippen LogP contribution < -0.4 is 5.73 Å². The van der Waals surface area contributed by atoms with Crippen LogP contribution in [-0.4, -0.2) is 73.9 Å². The number of aromatic nitrogens is 2. The van der Waals surface area contributed by atoms with E-state index in [9.17, 15) is 9.59 Å². The molecule has 1 aliphatic heterocycles. The van der Waals surface area contributed by atoms with Crippen LogP contribution in [0.4, 0.5) is 0 Å². The van der Waals surface area contributed by atoms with Gasteiger partial charge in [-0.15, -0.1) is 0 Å². The third-order valence-electron chi connectivity index (χ3n) is 5.47. The van der Waals surface area contributed by atoms with E-state index in [4.69, 9.17) is 23.1 Å². The Morgan fingerprint density at radius 3 is 2.42 bits per heavy atom. The molecule has 4 rings (SSSR count). The summed E-state index contributed by atoms with van der Waals surface area (Å²) < 4.78 is 1.89. The summed E-state index contributed by atoms with van der Waals surface area (Å²) >= 11 is 4.99. The molecule has 0 aliphatic carbocycles. The average molecular weight is 438 g/mol. The maximum atomic E-state index is 12.9. The highest BCUT2D eigenvalue weighted by atomic mass is 32.1. The van der Waals surface area contributed by atoms with Gasteiger partial charge in [0.05, 0.1) is 12.1 Å². The van der Waals surface area contributed by atoms with Gasteiger partial charge in [-0.25, -0.2) is 4.98 Å². The molecule has 3 heterocycles. The molecule has 1 aliphatic rings. The number of hydrogen-bond donors (Lipinski definition) is 2. The van der Waals surface area contributed by atoms with Crippen molar-refractivity contribution in [1.82, 2.24) is 19.2 Å². The minimum Gasteiger partial charge on any atom is -0.481 e. The maximum absolute atomic E-state index is 12.9. The van der Waals surface area contributed by atoms with E-state index in [0.29, 0.717) is 48.9 Å². The smallest absolute Gasteiger partial charge is 0.304 e. The van der Waals surface area contributed by atoms with E-state index in [2.05, 4.69) is 9.88 Å². The fourth-order valence-corrected chi connectivity index (χ4v) is 3.81. The van der Waals surface area contributed by atoms with Crippen LogP contribution in [-0.2, 0) is 4.79 Å². The molecule has 1 saturated heterocycles. The molecule has 1 aromatic carbocycles. The van der Waals surface area contributed by atoms with Crippen LogP contribution in [0.1, 0.15) is 22.3 Å². The third-order valence-corrected chi connectivity index (χ3v) is 5.71. The first-order chi connectivity index (χ1) is 14.9. The second kappa shape index (κ2) is 8.83. The number of thiocarbonyl (C=S) groups is 1. The molecule has 0 atom stereocenters. The van der Waals surface area contributed by atoms with E-state index in [-0.39, 0.29) is 12.3 Å². The first-order valence-corrected chi connectivity index (χ1v) is 10.4. The summed E-state index contributed by atoms with van der Waals surface area (Å²) in [6.45, 7) is 3.03. The Labute approximate surface area is 184 Å². The molecular formula is C22H23N5O3S.